The van der Waals surface area contributed by atoms with Gasteiger partial charge in [-0.15, -0.1) is 0 Å². The SMILES string of the molecule is CC(=O)NCC1CC(=O)N(c2ccc3c(=O)c(C(N)=O)cn(-c4c(F)cc(F)cc4F)c3n2)C1. The van der Waals surface area contributed by atoms with E-state index in [4.69, 9.17) is 5.73 Å². The number of pyridine rings is 2. The van der Waals surface area contributed by atoms with Gasteiger partial charge in [-0.2, -0.15) is 0 Å². The van der Waals surface area contributed by atoms with Gasteiger partial charge in [0.15, 0.2) is 17.3 Å². The fourth-order valence-electron chi connectivity index (χ4n) is 3.88. The van der Waals surface area contributed by atoms with Crippen LogP contribution in [-0.4, -0.2) is 40.4 Å². The summed E-state index contributed by atoms with van der Waals surface area (Å²) in [6.07, 6.45) is 0.962. The van der Waals surface area contributed by atoms with Crippen molar-refractivity contribution in [1.82, 2.24) is 14.9 Å². The van der Waals surface area contributed by atoms with E-state index in [1.54, 1.807) is 0 Å². The quantitative estimate of drug-likeness (QED) is 0.579. The van der Waals surface area contributed by atoms with E-state index in [0.717, 1.165) is 10.8 Å². The average Bonchev–Trinajstić information content (AvgIpc) is 3.13. The van der Waals surface area contributed by atoms with E-state index in [1.807, 2.05) is 0 Å². The third-order valence-corrected chi connectivity index (χ3v) is 5.45. The number of primary amides is 1. The van der Waals surface area contributed by atoms with Crippen LogP contribution in [0.25, 0.3) is 16.7 Å². The molecule has 4 rings (SSSR count). The summed E-state index contributed by atoms with van der Waals surface area (Å²) in [5, 5.41) is 2.45. The number of carbonyl (C=O) groups is 3. The highest BCUT2D eigenvalue weighted by Crippen LogP contribution is 2.27. The molecule has 0 radical (unpaired) electrons. The van der Waals surface area contributed by atoms with Crippen molar-refractivity contribution in [2.75, 3.05) is 18.0 Å². The first kappa shape index (κ1) is 23.0. The van der Waals surface area contributed by atoms with Crippen molar-refractivity contribution in [2.45, 2.75) is 13.3 Å². The molecule has 1 aromatic carbocycles. The molecule has 2 aromatic heterocycles. The van der Waals surface area contributed by atoms with Crippen molar-refractivity contribution < 1.29 is 27.6 Å². The van der Waals surface area contributed by atoms with Crippen LogP contribution in [0.2, 0.25) is 0 Å². The number of hydrogen-bond acceptors (Lipinski definition) is 5. The maximum Gasteiger partial charge on any atom is 0.254 e. The fraction of sp³-hybridized carbons (Fsp3) is 0.227. The van der Waals surface area contributed by atoms with Crippen LogP contribution >= 0.6 is 0 Å². The van der Waals surface area contributed by atoms with Crippen LogP contribution in [0, 0.1) is 23.4 Å². The molecule has 34 heavy (non-hydrogen) atoms. The Morgan fingerprint density at radius 3 is 2.47 bits per heavy atom. The second kappa shape index (κ2) is 8.61. The van der Waals surface area contributed by atoms with Crippen LogP contribution < -0.4 is 21.4 Å². The summed E-state index contributed by atoms with van der Waals surface area (Å²) in [4.78, 5) is 53.9. The molecule has 1 fully saturated rings. The predicted molar refractivity (Wildman–Crippen MR) is 115 cm³/mol. The highest BCUT2D eigenvalue weighted by atomic mass is 19.1. The number of nitrogens with zero attached hydrogens (tertiary/aromatic N) is 3. The van der Waals surface area contributed by atoms with Crippen molar-refractivity contribution in [3.63, 3.8) is 0 Å². The van der Waals surface area contributed by atoms with Crippen LogP contribution in [0.1, 0.15) is 23.7 Å². The maximum atomic E-state index is 14.6. The van der Waals surface area contributed by atoms with Gasteiger partial charge in [-0.05, 0) is 12.1 Å². The first-order valence-electron chi connectivity index (χ1n) is 10.1. The molecule has 1 saturated heterocycles. The Balaban J connectivity index is 1.89. The fourth-order valence-corrected chi connectivity index (χ4v) is 3.88. The Morgan fingerprint density at radius 1 is 1.18 bits per heavy atom. The first-order chi connectivity index (χ1) is 16.1. The van der Waals surface area contributed by atoms with Gasteiger partial charge in [0, 0.05) is 50.7 Å². The van der Waals surface area contributed by atoms with Crippen LogP contribution in [0.5, 0.6) is 0 Å². The summed E-state index contributed by atoms with van der Waals surface area (Å²) < 4.78 is 43.5. The number of hydrogen-bond donors (Lipinski definition) is 2. The van der Waals surface area contributed by atoms with Crippen molar-refractivity contribution >= 4 is 34.6 Å². The zero-order valence-electron chi connectivity index (χ0n) is 17.8. The van der Waals surface area contributed by atoms with Crippen LogP contribution in [0.3, 0.4) is 0 Å². The lowest BCUT2D eigenvalue weighted by atomic mass is 10.1. The van der Waals surface area contributed by atoms with Crippen molar-refractivity contribution in [2.24, 2.45) is 11.7 Å². The summed E-state index contributed by atoms with van der Waals surface area (Å²) in [6, 6.07) is 3.49. The van der Waals surface area contributed by atoms with Crippen molar-refractivity contribution in [3.05, 3.63) is 63.7 Å². The van der Waals surface area contributed by atoms with Gasteiger partial charge >= 0.3 is 0 Å². The van der Waals surface area contributed by atoms with Crippen molar-refractivity contribution in [1.29, 1.82) is 0 Å². The lowest BCUT2D eigenvalue weighted by molar-refractivity contribution is -0.120. The number of nitrogens with one attached hydrogen (secondary N) is 1. The molecule has 0 aliphatic carbocycles. The van der Waals surface area contributed by atoms with Gasteiger partial charge in [0.2, 0.25) is 17.2 Å². The molecular formula is C22H18F3N5O4. The van der Waals surface area contributed by atoms with E-state index in [1.165, 1.54) is 24.0 Å². The Labute approximate surface area is 190 Å². The number of fused-ring (bicyclic) bond motifs is 1. The number of carbonyl (C=O) groups excluding carboxylic acids is 3. The Bertz CT molecular complexity index is 1400. The van der Waals surface area contributed by atoms with E-state index >= 15 is 0 Å². The van der Waals surface area contributed by atoms with E-state index in [9.17, 15) is 32.3 Å². The molecule has 0 spiro atoms. The molecule has 176 valence electrons. The Hall–Kier alpha value is -4.22. The molecule has 0 saturated carbocycles. The van der Waals surface area contributed by atoms with Gasteiger partial charge in [-0.3, -0.25) is 28.6 Å². The maximum absolute atomic E-state index is 14.6. The van der Waals surface area contributed by atoms with E-state index < -0.39 is 40.0 Å². The minimum Gasteiger partial charge on any atom is -0.365 e. The summed E-state index contributed by atoms with van der Waals surface area (Å²) >= 11 is 0. The lowest BCUT2D eigenvalue weighted by Crippen LogP contribution is -2.30. The third kappa shape index (κ3) is 4.09. The molecule has 1 unspecified atom stereocenters. The lowest BCUT2D eigenvalue weighted by Gasteiger charge is -2.18. The summed E-state index contributed by atoms with van der Waals surface area (Å²) in [7, 11) is 0. The second-order valence-corrected chi connectivity index (χ2v) is 7.88. The molecule has 3 aromatic rings. The van der Waals surface area contributed by atoms with Gasteiger partial charge in [0.05, 0.1) is 5.39 Å². The van der Waals surface area contributed by atoms with Crippen LogP contribution in [0.15, 0.2) is 35.3 Å². The number of amides is 3. The number of anilines is 1. The zero-order chi connectivity index (χ0) is 24.7. The van der Waals surface area contributed by atoms with Crippen molar-refractivity contribution in [3.8, 4) is 5.69 Å². The molecule has 12 heteroatoms. The van der Waals surface area contributed by atoms with Gasteiger partial charge in [0.25, 0.3) is 5.91 Å². The van der Waals surface area contributed by atoms with Crippen LogP contribution in [0.4, 0.5) is 19.0 Å². The standard InChI is InChI=1S/C22H18F3N5O4/c1-10(31)27-7-11-4-18(32)29(8-11)17-3-2-13-20(33)14(21(26)34)9-30(22(13)28-17)19-15(24)5-12(23)6-16(19)25/h2-3,5-6,9,11H,4,7-8H2,1H3,(H2,26,34)(H,27,31). The Kier molecular flexibility index (Phi) is 5.82. The molecule has 1 aliphatic heterocycles. The van der Waals surface area contributed by atoms with Gasteiger partial charge in [-0.1, -0.05) is 0 Å². The molecular weight excluding hydrogens is 455 g/mol. The topological polar surface area (TPSA) is 127 Å². The average molecular weight is 473 g/mol. The minimum atomic E-state index is -1.31. The monoisotopic (exact) mass is 473 g/mol. The number of aromatic nitrogens is 2. The molecule has 3 heterocycles. The largest absolute Gasteiger partial charge is 0.365 e. The Morgan fingerprint density at radius 2 is 1.85 bits per heavy atom. The first-order valence-corrected chi connectivity index (χ1v) is 10.1. The third-order valence-electron chi connectivity index (χ3n) is 5.45. The highest BCUT2D eigenvalue weighted by molar-refractivity contribution is 5.98. The summed E-state index contributed by atoms with van der Waals surface area (Å²) in [6.45, 7) is 1.83. The molecule has 9 nitrogen and oxygen atoms in total. The summed E-state index contributed by atoms with van der Waals surface area (Å²) in [5.74, 6) is -5.57. The predicted octanol–water partition coefficient (Wildman–Crippen LogP) is 1.39. The second-order valence-electron chi connectivity index (χ2n) is 7.88. The van der Waals surface area contributed by atoms with E-state index in [-0.39, 0.29) is 54.1 Å². The molecule has 0 bridgehead atoms. The molecule has 1 atom stereocenters. The number of benzene rings is 1. The number of rotatable bonds is 5. The normalized spacial score (nSPS) is 15.7. The molecule has 1 aliphatic rings. The highest BCUT2D eigenvalue weighted by Gasteiger charge is 2.32. The number of halogens is 3. The zero-order valence-corrected chi connectivity index (χ0v) is 17.8. The van der Waals surface area contributed by atoms with Crippen LogP contribution in [-0.2, 0) is 9.59 Å². The van der Waals surface area contributed by atoms with E-state index in [2.05, 4.69) is 10.3 Å². The van der Waals surface area contributed by atoms with Gasteiger partial charge in [-0.25, -0.2) is 18.2 Å². The smallest absolute Gasteiger partial charge is 0.254 e. The van der Waals surface area contributed by atoms with Gasteiger partial charge in [0.1, 0.15) is 22.9 Å². The van der Waals surface area contributed by atoms with Gasteiger partial charge < -0.3 is 11.1 Å². The summed E-state index contributed by atoms with van der Waals surface area (Å²) in [5.41, 5.74) is 2.83. The number of nitrogens with two attached hydrogens (primary N) is 1. The minimum absolute atomic E-state index is 0.0886. The van der Waals surface area contributed by atoms with E-state index in [0.29, 0.717) is 12.1 Å². The molecule has 3 amide bonds. The molecule has 3 N–H and O–H groups in total.